The van der Waals surface area contributed by atoms with Crippen molar-refractivity contribution in [3.63, 3.8) is 0 Å². The van der Waals surface area contributed by atoms with E-state index in [0.717, 1.165) is 11.1 Å². The number of carboxylic acids is 1. The maximum atomic E-state index is 12.8. The zero-order chi connectivity index (χ0) is 20.7. The summed E-state index contributed by atoms with van der Waals surface area (Å²) in [6.45, 7) is 4.00. The van der Waals surface area contributed by atoms with Gasteiger partial charge in [0.05, 0.1) is 0 Å². The first-order valence-electron chi connectivity index (χ1n) is 9.17. The van der Waals surface area contributed by atoms with Gasteiger partial charge in [0, 0.05) is 31.6 Å². The summed E-state index contributed by atoms with van der Waals surface area (Å²) < 4.78 is 0. The fraction of sp³-hybridized carbons (Fsp3) is 0.318. The van der Waals surface area contributed by atoms with Crippen molar-refractivity contribution < 1.29 is 19.5 Å². The van der Waals surface area contributed by atoms with Crippen LogP contribution in [0.4, 0.5) is 0 Å². The standard InChI is InChI=1S/C22H26N2O4/c1-16(2)21(27)23(3)13-18-9-11-19(12-10-18)22(28)24(15-20(25)26)14-17-7-5-4-6-8-17/h4-12,16H,13-15H2,1-3H3,(H,25,26). The minimum Gasteiger partial charge on any atom is -0.480 e. The number of hydrogen-bond donors (Lipinski definition) is 1. The molecule has 0 saturated carbocycles. The summed E-state index contributed by atoms with van der Waals surface area (Å²) in [4.78, 5) is 39.0. The van der Waals surface area contributed by atoms with Crippen molar-refractivity contribution in [2.75, 3.05) is 13.6 Å². The van der Waals surface area contributed by atoms with Gasteiger partial charge in [-0.15, -0.1) is 0 Å². The van der Waals surface area contributed by atoms with E-state index in [0.29, 0.717) is 12.1 Å². The highest BCUT2D eigenvalue weighted by Gasteiger charge is 2.19. The smallest absolute Gasteiger partial charge is 0.323 e. The van der Waals surface area contributed by atoms with Crippen LogP contribution in [0.15, 0.2) is 54.6 Å². The normalized spacial score (nSPS) is 10.6. The predicted octanol–water partition coefficient (Wildman–Crippen LogP) is 3.03. The van der Waals surface area contributed by atoms with Gasteiger partial charge in [-0.3, -0.25) is 14.4 Å². The van der Waals surface area contributed by atoms with Gasteiger partial charge in [0.1, 0.15) is 6.54 Å². The van der Waals surface area contributed by atoms with Crippen LogP contribution in [0.25, 0.3) is 0 Å². The van der Waals surface area contributed by atoms with E-state index in [-0.39, 0.29) is 30.8 Å². The fourth-order valence-corrected chi connectivity index (χ4v) is 2.89. The second kappa shape index (κ2) is 9.69. The fourth-order valence-electron chi connectivity index (χ4n) is 2.89. The van der Waals surface area contributed by atoms with E-state index in [2.05, 4.69) is 0 Å². The van der Waals surface area contributed by atoms with Crippen LogP contribution in [-0.4, -0.2) is 46.3 Å². The van der Waals surface area contributed by atoms with E-state index in [1.54, 1.807) is 36.2 Å². The lowest BCUT2D eigenvalue weighted by Crippen LogP contribution is -2.35. The summed E-state index contributed by atoms with van der Waals surface area (Å²) >= 11 is 0. The van der Waals surface area contributed by atoms with Gasteiger partial charge in [-0.2, -0.15) is 0 Å². The number of rotatable bonds is 8. The van der Waals surface area contributed by atoms with Crippen LogP contribution in [0.1, 0.15) is 35.3 Å². The number of carbonyl (C=O) groups excluding carboxylic acids is 2. The summed E-state index contributed by atoms with van der Waals surface area (Å²) in [5, 5.41) is 9.17. The minimum atomic E-state index is -1.06. The van der Waals surface area contributed by atoms with Gasteiger partial charge in [-0.05, 0) is 23.3 Å². The molecule has 0 aromatic heterocycles. The van der Waals surface area contributed by atoms with E-state index >= 15 is 0 Å². The summed E-state index contributed by atoms with van der Waals surface area (Å²) in [5.41, 5.74) is 2.18. The lowest BCUT2D eigenvalue weighted by Gasteiger charge is -2.22. The molecule has 0 bridgehead atoms. The molecule has 2 aromatic rings. The number of aliphatic carboxylic acids is 1. The van der Waals surface area contributed by atoms with E-state index in [1.807, 2.05) is 44.2 Å². The van der Waals surface area contributed by atoms with Gasteiger partial charge in [-0.1, -0.05) is 56.3 Å². The number of amides is 2. The Morgan fingerprint density at radius 1 is 0.893 bits per heavy atom. The second-order valence-corrected chi connectivity index (χ2v) is 7.09. The molecule has 0 aliphatic heterocycles. The molecule has 0 radical (unpaired) electrons. The molecule has 2 aromatic carbocycles. The largest absolute Gasteiger partial charge is 0.480 e. The Bertz CT molecular complexity index is 816. The van der Waals surface area contributed by atoms with E-state index in [9.17, 15) is 14.4 Å². The quantitative estimate of drug-likeness (QED) is 0.761. The maximum absolute atomic E-state index is 12.8. The monoisotopic (exact) mass is 382 g/mol. The topological polar surface area (TPSA) is 77.9 Å². The Hall–Kier alpha value is -3.15. The SMILES string of the molecule is CC(C)C(=O)N(C)Cc1ccc(C(=O)N(CC(=O)O)Cc2ccccc2)cc1. The second-order valence-electron chi connectivity index (χ2n) is 7.09. The molecule has 0 fully saturated rings. The van der Waals surface area contributed by atoms with E-state index in [1.165, 1.54) is 4.90 Å². The van der Waals surface area contributed by atoms with Crippen molar-refractivity contribution in [2.45, 2.75) is 26.9 Å². The Balaban J connectivity index is 2.11. The number of hydrogen-bond acceptors (Lipinski definition) is 3. The molecule has 0 aliphatic rings. The maximum Gasteiger partial charge on any atom is 0.323 e. The first-order valence-corrected chi connectivity index (χ1v) is 9.17. The zero-order valence-corrected chi connectivity index (χ0v) is 16.5. The summed E-state index contributed by atoms with van der Waals surface area (Å²) in [6.07, 6.45) is 0. The van der Waals surface area contributed by atoms with Crippen molar-refractivity contribution in [3.8, 4) is 0 Å². The van der Waals surface area contributed by atoms with Crippen molar-refractivity contribution in [3.05, 3.63) is 71.3 Å². The van der Waals surface area contributed by atoms with E-state index < -0.39 is 5.97 Å². The van der Waals surface area contributed by atoms with Gasteiger partial charge in [0.2, 0.25) is 5.91 Å². The lowest BCUT2D eigenvalue weighted by molar-refractivity contribution is -0.138. The molecule has 6 nitrogen and oxygen atoms in total. The molecule has 2 amide bonds. The Morgan fingerprint density at radius 3 is 2.00 bits per heavy atom. The van der Waals surface area contributed by atoms with Gasteiger partial charge in [-0.25, -0.2) is 0 Å². The molecule has 148 valence electrons. The van der Waals surface area contributed by atoms with Gasteiger partial charge < -0.3 is 14.9 Å². The summed E-state index contributed by atoms with van der Waals surface area (Å²) in [6, 6.07) is 16.2. The number of benzene rings is 2. The molecule has 0 aliphatic carbocycles. The third-order valence-electron chi connectivity index (χ3n) is 4.32. The lowest BCUT2D eigenvalue weighted by atomic mass is 10.1. The molecule has 2 rings (SSSR count). The molecule has 0 saturated heterocycles. The van der Waals surface area contributed by atoms with Crippen LogP contribution in [0.3, 0.4) is 0 Å². The molecular formula is C22H26N2O4. The Kier molecular flexibility index (Phi) is 7.32. The van der Waals surface area contributed by atoms with Crippen LogP contribution in [0.2, 0.25) is 0 Å². The number of carboxylic acid groups (broad SMARTS) is 1. The summed E-state index contributed by atoms with van der Waals surface area (Å²) in [5.74, 6) is -1.43. The number of carbonyl (C=O) groups is 3. The first kappa shape index (κ1) is 21.2. The molecule has 28 heavy (non-hydrogen) atoms. The average Bonchev–Trinajstić information content (AvgIpc) is 2.67. The molecule has 0 unspecified atom stereocenters. The van der Waals surface area contributed by atoms with Crippen LogP contribution < -0.4 is 0 Å². The average molecular weight is 382 g/mol. The molecule has 1 N–H and O–H groups in total. The highest BCUT2D eigenvalue weighted by Crippen LogP contribution is 2.13. The van der Waals surface area contributed by atoms with Crippen LogP contribution in [0.5, 0.6) is 0 Å². The zero-order valence-electron chi connectivity index (χ0n) is 16.5. The van der Waals surface area contributed by atoms with Crippen LogP contribution in [-0.2, 0) is 22.7 Å². The molecule has 0 heterocycles. The van der Waals surface area contributed by atoms with Crippen molar-refractivity contribution in [1.82, 2.24) is 9.80 Å². The Labute approximate surface area is 165 Å². The third-order valence-corrected chi connectivity index (χ3v) is 4.32. The highest BCUT2D eigenvalue weighted by atomic mass is 16.4. The molecular weight excluding hydrogens is 356 g/mol. The highest BCUT2D eigenvalue weighted by molar-refractivity contribution is 5.95. The summed E-state index contributed by atoms with van der Waals surface area (Å²) in [7, 11) is 1.75. The van der Waals surface area contributed by atoms with Gasteiger partial charge in [0.15, 0.2) is 0 Å². The van der Waals surface area contributed by atoms with Gasteiger partial charge in [0.25, 0.3) is 5.91 Å². The van der Waals surface area contributed by atoms with E-state index in [4.69, 9.17) is 5.11 Å². The third kappa shape index (κ3) is 5.94. The predicted molar refractivity (Wildman–Crippen MR) is 107 cm³/mol. The molecule has 0 atom stereocenters. The number of nitrogens with zero attached hydrogens (tertiary/aromatic N) is 2. The van der Waals surface area contributed by atoms with Crippen molar-refractivity contribution >= 4 is 17.8 Å². The Morgan fingerprint density at radius 2 is 1.46 bits per heavy atom. The van der Waals surface area contributed by atoms with Crippen LogP contribution >= 0.6 is 0 Å². The first-order chi connectivity index (χ1) is 13.3. The minimum absolute atomic E-state index is 0.0515. The van der Waals surface area contributed by atoms with Crippen molar-refractivity contribution in [2.24, 2.45) is 5.92 Å². The molecule has 6 heteroatoms. The van der Waals surface area contributed by atoms with Crippen molar-refractivity contribution in [1.29, 1.82) is 0 Å². The van der Waals surface area contributed by atoms with Crippen LogP contribution in [0, 0.1) is 5.92 Å². The molecule has 0 spiro atoms. The van der Waals surface area contributed by atoms with Gasteiger partial charge >= 0.3 is 5.97 Å².